The lowest BCUT2D eigenvalue weighted by molar-refractivity contribution is -0.121. The van der Waals surface area contributed by atoms with Gasteiger partial charge in [0.05, 0.1) is 6.54 Å². The van der Waals surface area contributed by atoms with E-state index in [0.29, 0.717) is 6.54 Å². The normalized spacial score (nSPS) is 19.3. The first-order valence-electron chi connectivity index (χ1n) is 3.76. The Morgan fingerprint density at radius 3 is 2.60 bits per heavy atom. The van der Waals surface area contributed by atoms with Gasteiger partial charge in [-0.1, -0.05) is 0 Å². The molecule has 0 aliphatic carbocycles. The number of rotatable bonds is 2. The molecule has 1 amide bonds. The van der Waals surface area contributed by atoms with Crippen molar-refractivity contribution >= 4 is 5.91 Å². The maximum absolute atomic E-state index is 10.8. The third-order valence-electron chi connectivity index (χ3n) is 1.84. The van der Waals surface area contributed by atoms with E-state index in [-0.39, 0.29) is 5.91 Å². The maximum Gasteiger partial charge on any atom is 0.233 e. The smallest absolute Gasteiger partial charge is 0.233 e. The van der Waals surface area contributed by atoms with Gasteiger partial charge in [-0.3, -0.25) is 9.69 Å². The fraction of sp³-hybridized carbons (Fsp3) is 0.857. The highest BCUT2D eigenvalue weighted by molar-refractivity contribution is 5.77. The largest absolute Gasteiger partial charge is 0.358 e. The molecule has 0 unspecified atom stereocenters. The standard InChI is InChI=1S/C7H14N2O/c1-8-7(10)6-9-4-2-3-5-9/h2-6H2,1H3,(H,8,10). The highest BCUT2D eigenvalue weighted by atomic mass is 16.1. The van der Waals surface area contributed by atoms with Gasteiger partial charge < -0.3 is 5.32 Å². The molecule has 1 aliphatic rings. The minimum Gasteiger partial charge on any atom is -0.358 e. The number of nitrogens with zero attached hydrogens (tertiary/aromatic N) is 1. The van der Waals surface area contributed by atoms with E-state index in [1.54, 1.807) is 7.05 Å². The summed E-state index contributed by atoms with van der Waals surface area (Å²) in [6.45, 7) is 2.76. The minimum absolute atomic E-state index is 0.127. The molecule has 0 saturated carbocycles. The van der Waals surface area contributed by atoms with Crippen LogP contribution in [-0.2, 0) is 4.79 Å². The van der Waals surface area contributed by atoms with Crippen LogP contribution in [-0.4, -0.2) is 37.5 Å². The summed E-state index contributed by atoms with van der Waals surface area (Å²) in [6.07, 6.45) is 2.49. The SMILES string of the molecule is CNC(=O)CN1CCCC1. The van der Waals surface area contributed by atoms with E-state index < -0.39 is 0 Å². The van der Waals surface area contributed by atoms with Crippen LogP contribution in [0.3, 0.4) is 0 Å². The molecule has 1 saturated heterocycles. The molecule has 3 heteroatoms. The van der Waals surface area contributed by atoms with Crippen molar-refractivity contribution in [2.24, 2.45) is 0 Å². The lowest BCUT2D eigenvalue weighted by Gasteiger charge is -2.11. The van der Waals surface area contributed by atoms with Crippen LogP contribution in [0.4, 0.5) is 0 Å². The Morgan fingerprint density at radius 2 is 2.10 bits per heavy atom. The fourth-order valence-electron chi connectivity index (χ4n) is 1.22. The van der Waals surface area contributed by atoms with Crippen molar-refractivity contribution in [2.45, 2.75) is 12.8 Å². The van der Waals surface area contributed by atoms with Gasteiger partial charge >= 0.3 is 0 Å². The zero-order chi connectivity index (χ0) is 7.40. The Hall–Kier alpha value is -0.570. The highest BCUT2D eigenvalue weighted by Crippen LogP contribution is 2.05. The molecule has 0 aromatic carbocycles. The zero-order valence-electron chi connectivity index (χ0n) is 6.39. The van der Waals surface area contributed by atoms with E-state index in [1.165, 1.54) is 12.8 Å². The highest BCUT2D eigenvalue weighted by Gasteiger charge is 2.13. The number of hydrogen-bond donors (Lipinski definition) is 1. The van der Waals surface area contributed by atoms with E-state index in [1.807, 2.05) is 0 Å². The Kier molecular flexibility index (Phi) is 2.68. The summed E-state index contributed by atoms with van der Waals surface area (Å²) >= 11 is 0. The molecule has 10 heavy (non-hydrogen) atoms. The topological polar surface area (TPSA) is 32.3 Å². The fourth-order valence-corrected chi connectivity index (χ4v) is 1.22. The summed E-state index contributed by atoms with van der Waals surface area (Å²) in [7, 11) is 1.68. The lowest BCUT2D eigenvalue weighted by atomic mass is 10.4. The summed E-state index contributed by atoms with van der Waals surface area (Å²) in [4.78, 5) is 13.0. The Morgan fingerprint density at radius 1 is 1.50 bits per heavy atom. The Labute approximate surface area is 61.4 Å². The summed E-state index contributed by atoms with van der Waals surface area (Å²) in [5.41, 5.74) is 0. The van der Waals surface area contributed by atoms with Crippen molar-refractivity contribution in [1.29, 1.82) is 0 Å². The summed E-state index contributed by atoms with van der Waals surface area (Å²) in [5, 5.41) is 2.61. The molecule has 1 heterocycles. The lowest BCUT2D eigenvalue weighted by Crippen LogP contribution is -2.33. The molecule has 0 radical (unpaired) electrons. The third-order valence-corrected chi connectivity index (χ3v) is 1.84. The molecule has 0 bridgehead atoms. The molecule has 0 atom stereocenters. The van der Waals surface area contributed by atoms with Crippen molar-refractivity contribution in [1.82, 2.24) is 10.2 Å². The predicted molar refractivity (Wildman–Crippen MR) is 39.7 cm³/mol. The van der Waals surface area contributed by atoms with Gasteiger partial charge in [-0.15, -0.1) is 0 Å². The van der Waals surface area contributed by atoms with E-state index in [2.05, 4.69) is 10.2 Å². The number of likely N-dealkylation sites (N-methyl/N-ethyl adjacent to an activating group) is 1. The number of nitrogens with one attached hydrogen (secondary N) is 1. The van der Waals surface area contributed by atoms with Crippen molar-refractivity contribution in [3.05, 3.63) is 0 Å². The van der Waals surface area contributed by atoms with Crippen LogP contribution in [0.15, 0.2) is 0 Å². The van der Waals surface area contributed by atoms with Gasteiger partial charge in [0.25, 0.3) is 0 Å². The van der Waals surface area contributed by atoms with Crippen LogP contribution in [0.5, 0.6) is 0 Å². The van der Waals surface area contributed by atoms with E-state index in [4.69, 9.17) is 0 Å². The van der Waals surface area contributed by atoms with Crippen molar-refractivity contribution < 1.29 is 4.79 Å². The molecule has 0 aromatic rings. The first kappa shape index (κ1) is 7.54. The summed E-state index contributed by atoms with van der Waals surface area (Å²) in [5.74, 6) is 0.127. The number of carbonyl (C=O) groups is 1. The predicted octanol–water partition coefficient (Wildman–Crippen LogP) is -0.172. The first-order valence-corrected chi connectivity index (χ1v) is 3.76. The molecule has 1 rings (SSSR count). The third kappa shape index (κ3) is 1.99. The maximum atomic E-state index is 10.8. The number of amides is 1. The first-order chi connectivity index (χ1) is 4.83. The molecule has 58 valence electrons. The van der Waals surface area contributed by atoms with Crippen LogP contribution in [0.25, 0.3) is 0 Å². The van der Waals surface area contributed by atoms with Crippen molar-refractivity contribution in [3.63, 3.8) is 0 Å². The van der Waals surface area contributed by atoms with E-state index in [9.17, 15) is 4.79 Å². The van der Waals surface area contributed by atoms with Gasteiger partial charge in [0.1, 0.15) is 0 Å². The molecular weight excluding hydrogens is 128 g/mol. The van der Waals surface area contributed by atoms with Crippen LogP contribution in [0, 0.1) is 0 Å². The molecule has 1 N–H and O–H groups in total. The van der Waals surface area contributed by atoms with Crippen LogP contribution in [0.1, 0.15) is 12.8 Å². The molecular formula is C7H14N2O. The number of hydrogen-bond acceptors (Lipinski definition) is 2. The summed E-state index contributed by atoms with van der Waals surface area (Å²) < 4.78 is 0. The van der Waals surface area contributed by atoms with Crippen molar-refractivity contribution in [3.8, 4) is 0 Å². The van der Waals surface area contributed by atoms with Crippen LogP contribution >= 0.6 is 0 Å². The molecule has 1 fully saturated rings. The monoisotopic (exact) mass is 142 g/mol. The molecule has 0 spiro atoms. The quantitative estimate of drug-likeness (QED) is 0.580. The number of likely N-dealkylation sites (tertiary alicyclic amines) is 1. The van der Waals surface area contributed by atoms with Gasteiger partial charge in [-0.2, -0.15) is 0 Å². The van der Waals surface area contributed by atoms with Gasteiger partial charge in [0, 0.05) is 7.05 Å². The van der Waals surface area contributed by atoms with Gasteiger partial charge in [-0.25, -0.2) is 0 Å². The zero-order valence-corrected chi connectivity index (χ0v) is 6.39. The van der Waals surface area contributed by atoms with Crippen LogP contribution in [0.2, 0.25) is 0 Å². The summed E-state index contributed by atoms with van der Waals surface area (Å²) in [6, 6.07) is 0. The van der Waals surface area contributed by atoms with E-state index in [0.717, 1.165) is 13.1 Å². The second kappa shape index (κ2) is 3.56. The van der Waals surface area contributed by atoms with E-state index >= 15 is 0 Å². The molecule has 1 aliphatic heterocycles. The average Bonchev–Trinajstić information content (AvgIpc) is 2.40. The second-order valence-electron chi connectivity index (χ2n) is 2.66. The molecule has 3 nitrogen and oxygen atoms in total. The average molecular weight is 142 g/mol. The van der Waals surface area contributed by atoms with Gasteiger partial charge in [-0.05, 0) is 25.9 Å². The van der Waals surface area contributed by atoms with Crippen molar-refractivity contribution in [2.75, 3.05) is 26.7 Å². The second-order valence-corrected chi connectivity index (χ2v) is 2.66. The Bertz CT molecular complexity index is 119. The number of carbonyl (C=O) groups excluding carboxylic acids is 1. The Balaban J connectivity index is 2.17. The van der Waals surface area contributed by atoms with Gasteiger partial charge in [0.2, 0.25) is 5.91 Å². The van der Waals surface area contributed by atoms with Crippen LogP contribution < -0.4 is 5.32 Å². The molecule has 0 aromatic heterocycles. The van der Waals surface area contributed by atoms with Gasteiger partial charge in [0.15, 0.2) is 0 Å². The minimum atomic E-state index is 0.127.